The Kier molecular flexibility index (Phi) is 7.41. The Bertz CT molecular complexity index is 1400. The maximum Gasteiger partial charge on any atom is 0.338 e. The number of hydrogen-bond donors (Lipinski definition) is 5. The fourth-order valence-corrected chi connectivity index (χ4v) is 6.90. The molecule has 0 aliphatic carbocycles. The molecule has 3 unspecified atom stereocenters. The maximum absolute atomic E-state index is 13.6. The number of pyridine rings is 1. The van der Waals surface area contributed by atoms with Crippen molar-refractivity contribution < 1.29 is 49.3 Å². The number of carbonyl (C=O) groups excluding carboxylic acids is 2. The molecule has 42 heavy (non-hydrogen) atoms. The van der Waals surface area contributed by atoms with Gasteiger partial charge in [0.25, 0.3) is 0 Å². The average Bonchev–Trinajstić information content (AvgIpc) is 3.33. The molecule has 5 heterocycles. The number of amides is 1. The summed E-state index contributed by atoms with van der Waals surface area (Å²) < 4.78 is 16.9. The summed E-state index contributed by atoms with van der Waals surface area (Å²) in [6.45, 7) is 1.83. The number of benzene rings is 1. The van der Waals surface area contributed by atoms with E-state index in [0.29, 0.717) is 30.8 Å². The van der Waals surface area contributed by atoms with Crippen molar-refractivity contribution in [3.8, 4) is 5.75 Å². The fourth-order valence-electron chi connectivity index (χ4n) is 6.90. The van der Waals surface area contributed by atoms with E-state index >= 15 is 0 Å². The summed E-state index contributed by atoms with van der Waals surface area (Å²) in [6, 6.07) is 5.03. The number of aromatic nitrogens is 1. The predicted octanol–water partition coefficient (Wildman–Crippen LogP) is -0.808. The Morgan fingerprint density at radius 1 is 1.17 bits per heavy atom. The van der Waals surface area contributed by atoms with Crippen molar-refractivity contribution in [3.63, 3.8) is 0 Å². The molecule has 4 aliphatic heterocycles. The molecule has 6 rings (SSSR count). The van der Waals surface area contributed by atoms with Crippen LogP contribution in [-0.4, -0.2) is 116 Å². The van der Waals surface area contributed by atoms with Crippen LogP contribution < -0.4 is 4.74 Å². The van der Waals surface area contributed by atoms with E-state index in [1.54, 1.807) is 24.0 Å². The third-order valence-electron chi connectivity index (χ3n) is 9.24. The number of hydrogen-bond acceptors (Lipinski definition) is 12. The first kappa shape index (κ1) is 29.2. The predicted molar refractivity (Wildman–Crippen MR) is 145 cm³/mol. The zero-order chi connectivity index (χ0) is 30.1. The van der Waals surface area contributed by atoms with Gasteiger partial charge in [0.05, 0.1) is 29.8 Å². The van der Waals surface area contributed by atoms with Gasteiger partial charge in [-0.1, -0.05) is 6.92 Å². The van der Waals surface area contributed by atoms with E-state index in [4.69, 9.17) is 19.2 Å². The van der Waals surface area contributed by atoms with Crippen molar-refractivity contribution >= 4 is 22.8 Å². The highest BCUT2D eigenvalue weighted by Gasteiger charge is 2.59. The molecule has 13 heteroatoms. The number of piperidine rings is 1. The van der Waals surface area contributed by atoms with Crippen molar-refractivity contribution in [1.82, 2.24) is 14.8 Å². The normalized spacial score (nSPS) is 36.1. The van der Waals surface area contributed by atoms with Crippen LogP contribution in [0.5, 0.6) is 5.75 Å². The van der Waals surface area contributed by atoms with E-state index in [1.807, 2.05) is 25.1 Å². The molecule has 0 radical (unpaired) electrons. The Hall–Kier alpha value is -2.91. The van der Waals surface area contributed by atoms with E-state index in [2.05, 4.69) is 0 Å². The lowest BCUT2D eigenvalue weighted by Gasteiger charge is -2.48. The third-order valence-corrected chi connectivity index (χ3v) is 9.24. The number of ether oxygens (including phenoxy) is 3. The first-order chi connectivity index (χ1) is 20.0. The largest absolute Gasteiger partial charge is 0.463 e. The summed E-state index contributed by atoms with van der Waals surface area (Å²) in [7, 11) is 3.77. The molecular formula is C29H37N3O10. The summed E-state index contributed by atoms with van der Waals surface area (Å²) >= 11 is 0. The standard InChI is InChI=1S/C29H37N3O10/c1-4-29(39)17-8-19-22-13(9-32(19)26(37)16(17)12-40-28(29)38)7-14-15(10-31(2)3)20(6-5-18(14)30-22)41-27-25(36)24(35)23(34)21(11-33)42-27/h5-7,16-17,19,21,23-25,27,33-36,39H,4,8-12H2,1-3H3/t16?,17?,19?,21-,23+,24+,25-,27-,29+/m1/s1. The smallest absolute Gasteiger partial charge is 0.338 e. The third kappa shape index (κ3) is 4.46. The van der Waals surface area contributed by atoms with Crippen molar-refractivity contribution in [2.24, 2.45) is 11.8 Å². The SMILES string of the molecule is CC[C@@]1(O)C(=O)OCC2C(=O)N3Cc4cc5c(CN(C)C)c(O[C@@H]6O[C@H](CO)[C@H](O)[C@H](O)[C@H]6O)ccc5nc4C3CC21. The number of aliphatic hydroxyl groups is 5. The molecule has 13 nitrogen and oxygen atoms in total. The molecule has 3 fully saturated rings. The number of esters is 1. The van der Waals surface area contributed by atoms with Gasteiger partial charge in [0.1, 0.15) is 36.8 Å². The van der Waals surface area contributed by atoms with Gasteiger partial charge >= 0.3 is 5.97 Å². The highest BCUT2D eigenvalue weighted by atomic mass is 16.7. The highest BCUT2D eigenvalue weighted by Crippen LogP contribution is 2.50. The maximum atomic E-state index is 13.6. The van der Waals surface area contributed by atoms with Gasteiger partial charge in [-0.2, -0.15) is 0 Å². The van der Waals surface area contributed by atoms with E-state index < -0.39 is 60.7 Å². The molecule has 9 atom stereocenters. The van der Waals surface area contributed by atoms with Crippen LogP contribution in [0.1, 0.15) is 42.6 Å². The fraction of sp³-hybridized carbons (Fsp3) is 0.621. The van der Waals surface area contributed by atoms with Crippen LogP contribution in [0.25, 0.3) is 10.9 Å². The number of fused-ring (bicyclic) bond motifs is 5. The first-order valence-corrected chi connectivity index (χ1v) is 14.3. The zero-order valence-electron chi connectivity index (χ0n) is 23.7. The molecule has 1 aromatic heterocycles. The Morgan fingerprint density at radius 2 is 1.93 bits per heavy atom. The Labute approximate surface area is 242 Å². The molecule has 1 amide bonds. The first-order valence-electron chi connectivity index (χ1n) is 14.3. The second-order valence-corrected chi connectivity index (χ2v) is 12.0. The van der Waals surface area contributed by atoms with E-state index in [1.165, 1.54) is 0 Å². The quantitative estimate of drug-likeness (QED) is 0.266. The summed E-state index contributed by atoms with van der Waals surface area (Å²) in [5.74, 6) is -1.67. The molecule has 1 aromatic carbocycles. The van der Waals surface area contributed by atoms with Gasteiger partial charge in [-0.15, -0.1) is 0 Å². The zero-order valence-corrected chi connectivity index (χ0v) is 23.7. The van der Waals surface area contributed by atoms with Crippen LogP contribution in [0.15, 0.2) is 18.2 Å². The Balaban J connectivity index is 1.37. The van der Waals surface area contributed by atoms with E-state index in [9.17, 15) is 35.1 Å². The molecule has 0 bridgehead atoms. The van der Waals surface area contributed by atoms with E-state index in [-0.39, 0.29) is 25.0 Å². The summed E-state index contributed by atoms with van der Waals surface area (Å²) in [5, 5.41) is 52.5. The topological polar surface area (TPSA) is 182 Å². The lowest BCUT2D eigenvalue weighted by atomic mass is 9.69. The number of carbonyl (C=O) groups is 2. The van der Waals surface area contributed by atoms with Crippen LogP contribution in [0.2, 0.25) is 0 Å². The van der Waals surface area contributed by atoms with E-state index in [0.717, 1.165) is 22.2 Å². The number of nitrogens with zero attached hydrogens (tertiary/aromatic N) is 3. The minimum Gasteiger partial charge on any atom is -0.463 e. The molecular weight excluding hydrogens is 550 g/mol. The molecule has 0 spiro atoms. The minimum atomic E-state index is -1.72. The summed E-state index contributed by atoms with van der Waals surface area (Å²) in [6.07, 6.45) is -6.56. The second kappa shape index (κ2) is 10.7. The lowest BCUT2D eigenvalue weighted by Crippen LogP contribution is -2.61. The minimum absolute atomic E-state index is 0.0504. The molecule has 0 saturated carbocycles. The number of aliphatic hydroxyl groups excluding tert-OH is 4. The van der Waals surface area contributed by atoms with Gasteiger partial charge < -0.3 is 49.5 Å². The van der Waals surface area contributed by atoms with Crippen molar-refractivity contribution in [1.29, 1.82) is 0 Å². The molecule has 2 aromatic rings. The van der Waals surface area contributed by atoms with Gasteiger partial charge in [0.15, 0.2) is 5.60 Å². The monoisotopic (exact) mass is 587 g/mol. The van der Waals surface area contributed by atoms with Crippen LogP contribution >= 0.6 is 0 Å². The van der Waals surface area contributed by atoms with Crippen LogP contribution in [0.3, 0.4) is 0 Å². The molecule has 228 valence electrons. The van der Waals surface area contributed by atoms with Gasteiger partial charge in [0, 0.05) is 30.0 Å². The number of cyclic esters (lactones) is 1. The lowest BCUT2D eigenvalue weighted by molar-refractivity contribution is -0.277. The summed E-state index contributed by atoms with van der Waals surface area (Å²) in [5.41, 5.74) is 1.23. The molecule has 5 N–H and O–H groups in total. The second-order valence-electron chi connectivity index (χ2n) is 12.0. The summed E-state index contributed by atoms with van der Waals surface area (Å²) in [4.78, 5) is 34.8. The highest BCUT2D eigenvalue weighted by molar-refractivity contribution is 5.89. The van der Waals surface area contributed by atoms with Gasteiger partial charge in [0.2, 0.25) is 12.2 Å². The Morgan fingerprint density at radius 3 is 2.62 bits per heavy atom. The van der Waals surface area contributed by atoms with Crippen molar-refractivity contribution in [3.05, 3.63) is 35.0 Å². The molecule has 3 saturated heterocycles. The van der Waals surface area contributed by atoms with Crippen LogP contribution in [0.4, 0.5) is 0 Å². The van der Waals surface area contributed by atoms with Gasteiger partial charge in [-0.3, -0.25) is 9.78 Å². The number of rotatable bonds is 6. The van der Waals surface area contributed by atoms with Gasteiger partial charge in [-0.25, -0.2) is 4.79 Å². The van der Waals surface area contributed by atoms with Gasteiger partial charge in [-0.05, 0) is 50.7 Å². The van der Waals surface area contributed by atoms with Crippen LogP contribution in [0, 0.1) is 11.8 Å². The van der Waals surface area contributed by atoms with Crippen molar-refractivity contribution in [2.45, 2.75) is 75.2 Å². The molecule has 4 aliphatic rings. The average molecular weight is 588 g/mol. The van der Waals surface area contributed by atoms with Crippen LogP contribution in [-0.2, 0) is 32.2 Å². The van der Waals surface area contributed by atoms with Crippen molar-refractivity contribution in [2.75, 3.05) is 27.3 Å².